The number of carbonyl (C=O) groups is 2. The molecule has 2 amide bonds. The summed E-state index contributed by atoms with van der Waals surface area (Å²) in [5, 5.41) is 3.14. The van der Waals surface area contributed by atoms with Crippen LogP contribution in [-0.2, 0) is 16.1 Å². The highest BCUT2D eigenvalue weighted by molar-refractivity contribution is 6.50. The van der Waals surface area contributed by atoms with Gasteiger partial charge in [0.05, 0.1) is 37.5 Å². The fourth-order valence-corrected chi connectivity index (χ4v) is 4.18. The molecule has 1 aromatic carbocycles. The van der Waals surface area contributed by atoms with Crippen molar-refractivity contribution in [1.82, 2.24) is 24.8 Å². The van der Waals surface area contributed by atoms with E-state index in [1.165, 1.54) is 20.4 Å². The van der Waals surface area contributed by atoms with Gasteiger partial charge >= 0.3 is 6.01 Å². The third-order valence-electron chi connectivity index (χ3n) is 5.77. The van der Waals surface area contributed by atoms with Crippen LogP contribution in [0.25, 0.3) is 22.2 Å². The van der Waals surface area contributed by atoms with Crippen LogP contribution in [0, 0.1) is 0 Å². The van der Waals surface area contributed by atoms with Crippen LogP contribution in [-0.4, -0.2) is 52.2 Å². The maximum Gasteiger partial charge on any atom is 0.319 e. The van der Waals surface area contributed by atoms with Crippen LogP contribution in [0.5, 0.6) is 17.6 Å². The van der Waals surface area contributed by atoms with Gasteiger partial charge in [0.15, 0.2) is 0 Å². The number of ether oxygens (including phenoxy) is 3. The monoisotopic (exact) mass is 485 g/mol. The van der Waals surface area contributed by atoms with E-state index in [9.17, 15) is 9.59 Å². The number of aryl methyl sites for hydroxylation is 1. The van der Waals surface area contributed by atoms with Gasteiger partial charge in [-0.3, -0.25) is 14.9 Å². The van der Waals surface area contributed by atoms with Crippen LogP contribution in [0.4, 0.5) is 0 Å². The van der Waals surface area contributed by atoms with Crippen LogP contribution in [0.3, 0.4) is 0 Å². The molecule has 0 saturated heterocycles. The number of nitrogens with zero attached hydrogens (tertiary/aromatic N) is 4. The molecular weight excluding hydrogens is 462 g/mol. The summed E-state index contributed by atoms with van der Waals surface area (Å²) in [6.07, 6.45) is 5.66. The summed E-state index contributed by atoms with van der Waals surface area (Å²) < 4.78 is 18.2. The average Bonchev–Trinajstić information content (AvgIpc) is 3.42. The van der Waals surface area contributed by atoms with Gasteiger partial charge in [-0.15, -0.1) is 0 Å². The predicted octanol–water partition coefficient (Wildman–Crippen LogP) is 2.88. The fraction of sp³-hybridized carbons (Fsp3) is 0.192. The molecule has 0 aliphatic carbocycles. The minimum absolute atomic E-state index is 0.0843. The Morgan fingerprint density at radius 3 is 2.44 bits per heavy atom. The number of methoxy groups -OCH3 is 2. The van der Waals surface area contributed by atoms with Crippen molar-refractivity contribution in [3.8, 4) is 17.6 Å². The van der Waals surface area contributed by atoms with Gasteiger partial charge in [0.2, 0.25) is 5.88 Å². The minimum Gasteiger partial charge on any atom is -0.494 e. The van der Waals surface area contributed by atoms with E-state index in [0.29, 0.717) is 30.8 Å². The molecule has 0 fully saturated rings. The zero-order chi connectivity index (χ0) is 25.1. The number of rotatable bonds is 9. The van der Waals surface area contributed by atoms with Crippen molar-refractivity contribution in [3.05, 3.63) is 72.2 Å². The van der Waals surface area contributed by atoms with Crippen molar-refractivity contribution in [2.75, 3.05) is 20.8 Å². The standard InChI is InChI=1S/C26H23N5O5/c1-34-25-18(14-28-26(30-25)35-2)20-21(24(33)29-23(20)32)19-15-31(22-17(19)10-6-11-27-22)12-7-13-36-16-8-4-3-5-9-16/h3-6,8-11,14-15H,7,12-13H2,1-2H3,(H,29,32,33). The van der Waals surface area contributed by atoms with Crippen LogP contribution in [0.15, 0.2) is 61.1 Å². The number of aromatic nitrogens is 4. The Balaban J connectivity index is 1.53. The van der Waals surface area contributed by atoms with Gasteiger partial charge in [-0.05, 0) is 30.7 Å². The molecule has 3 aromatic heterocycles. The summed E-state index contributed by atoms with van der Waals surface area (Å²) in [5.74, 6) is -0.134. The Morgan fingerprint density at radius 1 is 0.917 bits per heavy atom. The first-order chi connectivity index (χ1) is 17.6. The van der Waals surface area contributed by atoms with Crippen LogP contribution in [0.1, 0.15) is 17.5 Å². The summed E-state index contributed by atoms with van der Waals surface area (Å²) in [7, 11) is 2.85. The van der Waals surface area contributed by atoms with E-state index >= 15 is 0 Å². The molecule has 0 saturated carbocycles. The molecule has 0 bridgehead atoms. The predicted molar refractivity (Wildman–Crippen MR) is 131 cm³/mol. The Labute approximate surface area is 206 Å². The molecule has 1 N–H and O–H groups in total. The number of pyridine rings is 1. The third kappa shape index (κ3) is 4.24. The van der Waals surface area contributed by atoms with Crippen molar-refractivity contribution in [3.63, 3.8) is 0 Å². The number of fused-ring (bicyclic) bond motifs is 1. The highest BCUT2D eigenvalue weighted by Crippen LogP contribution is 2.38. The molecule has 10 nitrogen and oxygen atoms in total. The van der Waals surface area contributed by atoms with E-state index < -0.39 is 11.8 Å². The molecule has 0 radical (unpaired) electrons. The summed E-state index contributed by atoms with van der Waals surface area (Å²) in [6, 6.07) is 13.3. The number of imide groups is 1. The number of hydrogen-bond acceptors (Lipinski definition) is 8. The maximum absolute atomic E-state index is 13.0. The van der Waals surface area contributed by atoms with E-state index in [0.717, 1.165) is 11.1 Å². The largest absolute Gasteiger partial charge is 0.494 e. The lowest BCUT2D eigenvalue weighted by Crippen LogP contribution is -2.23. The van der Waals surface area contributed by atoms with Gasteiger partial charge in [0, 0.05) is 36.1 Å². The lowest BCUT2D eigenvalue weighted by atomic mass is 9.97. The summed E-state index contributed by atoms with van der Waals surface area (Å²) in [5.41, 5.74) is 1.92. The Morgan fingerprint density at radius 2 is 1.69 bits per heavy atom. The van der Waals surface area contributed by atoms with Gasteiger partial charge in [0.25, 0.3) is 11.8 Å². The average molecular weight is 486 g/mol. The first kappa shape index (κ1) is 23.0. The second-order valence-corrected chi connectivity index (χ2v) is 7.94. The molecule has 36 heavy (non-hydrogen) atoms. The topological polar surface area (TPSA) is 117 Å². The Bertz CT molecular complexity index is 1480. The van der Waals surface area contributed by atoms with Crippen molar-refractivity contribution in [2.45, 2.75) is 13.0 Å². The van der Waals surface area contributed by atoms with Crippen LogP contribution in [0.2, 0.25) is 0 Å². The number of nitrogens with one attached hydrogen (secondary N) is 1. The number of amides is 2. The summed E-state index contributed by atoms with van der Waals surface area (Å²) in [6.45, 7) is 1.12. The van der Waals surface area contributed by atoms with Crippen molar-refractivity contribution >= 4 is 34.0 Å². The molecule has 1 aliphatic rings. The lowest BCUT2D eigenvalue weighted by Gasteiger charge is -2.09. The molecule has 4 heterocycles. The molecule has 1 aliphatic heterocycles. The maximum atomic E-state index is 13.0. The SMILES string of the molecule is COc1ncc(C2=C(c3cn(CCCOc4ccccc4)c4ncccc34)C(=O)NC2=O)c(OC)n1. The summed E-state index contributed by atoms with van der Waals surface area (Å²) in [4.78, 5) is 38.7. The van der Waals surface area contributed by atoms with Crippen molar-refractivity contribution < 1.29 is 23.8 Å². The molecule has 0 spiro atoms. The second kappa shape index (κ2) is 9.87. The zero-order valence-corrected chi connectivity index (χ0v) is 19.7. The highest BCUT2D eigenvalue weighted by atomic mass is 16.5. The third-order valence-corrected chi connectivity index (χ3v) is 5.77. The van der Waals surface area contributed by atoms with Crippen LogP contribution < -0.4 is 19.5 Å². The molecule has 182 valence electrons. The van der Waals surface area contributed by atoms with E-state index in [4.69, 9.17) is 14.2 Å². The smallest absolute Gasteiger partial charge is 0.319 e. The number of benzene rings is 1. The van der Waals surface area contributed by atoms with E-state index in [2.05, 4.69) is 20.3 Å². The van der Waals surface area contributed by atoms with Gasteiger partial charge in [-0.1, -0.05) is 18.2 Å². The van der Waals surface area contributed by atoms with Gasteiger partial charge in [0.1, 0.15) is 11.4 Å². The highest BCUT2D eigenvalue weighted by Gasteiger charge is 2.36. The quantitative estimate of drug-likeness (QED) is 0.284. The zero-order valence-electron chi connectivity index (χ0n) is 19.7. The number of para-hydroxylation sites is 1. The van der Waals surface area contributed by atoms with Crippen molar-refractivity contribution in [1.29, 1.82) is 0 Å². The van der Waals surface area contributed by atoms with Crippen molar-refractivity contribution in [2.24, 2.45) is 0 Å². The normalized spacial score (nSPS) is 13.3. The molecule has 5 rings (SSSR count). The van der Waals surface area contributed by atoms with E-state index in [1.807, 2.05) is 47.2 Å². The molecule has 0 atom stereocenters. The Kier molecular flexibility index (Phi) is 6.31. The first-order valence-corrected chi connectivity index (χ1v) is 11.3. The summed E-state index contributed by atoms with van der Waals surface area (Å²) >= 11 is 0. The van der Waals surface area contributed by atoms with Gasteiger partial charge in [-0.2, -0.15) is 4.98 Å². The lowest BCUT2D eigenvalue weighted by molar-refractivity contribution is -0.122. The van der Waals surface area contributed by atoms with Crippen LogP contribution >= 0.6 is 0 Å². The van der Waals surface area contributed by atoms with Gasteiger partial charge < -0.3 is 18.8 Å². The van der Waals surface area contributed by atoms with Gasteiger partial charge in [-0.25, -0.2) is 9.97 Å². The first-order valence-electron chi connectivity index (χ1n) is 11.3. The molecule has 4 aromatic rings. The van der Waals surface area contributed by atoms with E-state index in [-0.39, 0.29) is 28.6 Å². The molecular formula is C26H23N5O5. The molecule has 10 heteroatoms. The second-order valence-electron chi connectivity index (χ2n) is 7.94. The Hall–Kier alpha value is -4.73. The number of hydrogen-bond donors (Lipinski definition) is 1. The minimum atomic E-state index is -0.553. The number of carbonyl (C=O) groups excluding carboxylic acids is 2. The molecule has 0 unspecified atom stereocenters. The van der Waals surface area contributed by atoms with E-state index in [1.54, 1.807) is 12.3 Å². The fourth-order valence-electron chi connectivity index (χ4n) is 4.18.